The van der Waals surface area contributed by atoms with Gasteiger partial charge in [-0.15, -0.1) is 0 Å². The monoisotopic (exact) mass is 258 g/mol. The van der Waals surface area contributed by atoms with Crippen LogP contribution in [0.25, 0.3) is 0 Å². The third kappa shape index (κ3) is 2.68. The molecule has 5 nitrogen and oxygen atoms in total. The van der Waals surface area contributed by atoms with E-state index in [1.54, 1.807) is 6.20 Å². The average Bonchev–Trinajstić information content (AvgIpc) is 2.47. The predicted molar refractivity (Wildman–Crippen MR) is 71.3 cm³/mol. The van der Waals surface area contributed by atoms with Crippen LogP contribution in [0, 0.1) is 28.1 Å². The third-order valence-electron chi connectivity index (χ3n) is 3.64. The van der Waals surface area contributed by atoms with Crippen LogP contribution in [0.5, 0.6) is 5.75 Å². The highest BCUT2D eigenvalue weighted by molar-refractivity contribution is 5.84. The van der Waals surface area contributed by atoms with E-state index in [9.17, 15) is 0 Å². The van der Waals surface area contributed by atoms with Crippen LogP contribution in [-0.2, 0) is 0 Å². The van der Waals surface area contributed by atoms with Crippen LogP contribution >= 0.6 is 0 Å². The third-order valence-corrected chi connectivity index (χ3v) is 3.64. The van der Waals surface area contributed by atoms with Gasteiger partial charge in [0.25, 0.3) is 0 Å². The molecule has 1 saturated carbocycles. The van der Waals surface area contributed by atoms with Gasteiger partial charge < -0.3 is 4.74 Å². The number of methoxy groups -OCH3 is 1. The first-order valence-corrected chi connectivity index (χ1v) is 6.51. The molecule has 1 aromatic rings. The van der Waals surface area contributed by atoms with Gasteiger partial charge in [0.05, 0.1) is 18.9 Å². The Morgan fingerprint density at radius 3 is 2.68 bits per heavy atom. The first kappa shape index (κ1) is 13.3. The van der Waals surface area contributed by atoms with E-state index in [1.807, 2.05) is 6.07 Å². The van der Waals surface area contributed by atoms with Gasteiger partial charge in [0, 0.05) is 12.0 Å². The van der Waals surface area contributed by atoms with E-state index < -0.39 is 0 Å². The van der Waals surface area contributed by atoms with E-state index >= 15 is 0 Å². The maximum absolute atomic E-state index is 8.98. The van der Waals surface area contributed by atoms with Crippen molar-refractivity contribution in [3.8, 4) is 11.8 Å². The highest BCUT2D eigenvalue weighted by Gasteiger charge is 2.20. The average molecular weight is 258 g/mol. The Hall–Kier alpha value is -2.09. The van der Waals surface area contributed by atoms with Crippen LogP contribution in [0.3, 0.4) is 0 Å². The lowest BCUT2D eigenvalue weighted by atomic mass is 9.88. The minimum atomic E-state index is 0.160. The zero-order chi connectivity index (χ0) is 13.8. The minimum absolute atomic E-state index is 0.160. The van der Waals surface area contributed by atoms with Gasteiger partial charge in [-0.3, -0.25) is 15.4 Å². The molecule has 2 rings (SSSR count). The molecular formula is C14H18N4O. The molecular weight excluding hydrogens is 240 g/mol. The standard InChI is InChI=1S/C14H18N4O/c1-19-12-9-18(13(16)7-11(12)8-15)14(17)10-5-3-2-4-6-10/h7,9-10,16-17H,2-6H2,1H3. The number of nitrogens with one attached hydrogen (secondary N) is 2. The lowest BCUT2D eigenvalue weighted by molar-refractivity contribution is 0.407. The van der Waals surface area contributed by atoms with Crippen molar-refractivity contribution in [2.45, 2.75) is 32.1 Å². The summed E-state index contributed by atoms with van der Waals surface area (Å²) in [4.78, 5) is 0. The normalized spacial score (nSPS) is 15.8. The topological polar surface area (TPSA) is 85.7 Å². The summed E-state index contributed by atoms with van der Waals surface area (Å²) in [7, 11) is 1.49. The maximum atomic E-state index is 8.98. The van der Waals surface area contributed by atoms with Crippen molar-refractivity contribution in [3.05, 3.63) is 23.3 Å². The zero-order valence-corrected chi connectivity index (χ0v) is 11.1. The molecule has 0 spiro atoms. The second kappa shape index (κ2) is 5.70. The number of nitrogens with zero attached hydrogens (tertiary/aromatic N) is 2. The highest BCUT2D eigenvalue weighted by Crippen LogP contribution is 2.25. The largest absolute Gasteiger partial charge is 0.494 e. The smallest absolute Gasteiger partial charge is 0.153 e. The summed E-state index contributed by atoms with van der Waals surface area (Å²) >= 11 is 0. The van der Waals surface area contributed by atoms with Gasteiger partial charge in [-0.05, 0) is 12.8 Å². The summed E-state index contributed by atoms with van der Waals surface area (Å²) in [5, 5.41) is 25.2. The molecule has 2 N–H and O–H groups in total. The fraction of sp³-hybridized carbons (Fsp3) is 0.500. The van der Waals surface area contributed by atoms with Crippen molar-refractivity contribution < 1.29 is 4.74 Å². The van der Waals surface area contributed by atoms with E-state index in [0.29, 0.717) is 17.1 Å². The van der Waals surface area contributed by atoms with Gasteiger partial charge in [0.15, 0.2) is 5.75 Å². The molecule has 1 fully saturated rings. The van der Waals surface area contributed by atoms with Crippen LogP contribution in [0.4, 0.5) is 0 Å². The Labute approximate surface area is 112 Å². The number of nitriles is 1. The van der Waals surface area contributed by atoms with E-state index in [2.05, 4.69) is 0 Å². The Morgan fingerprint density at radius 2 is 2.11 bits per heavy atom. The van der Waals surface area contributed by atoms with Crippen LogP contribution in [0.2, 0.25) is 0 Å². The zero-order valence-electron chi connectivity index (χ0n) is 11.1. The summed E-state index contributed by atoms with van der Waals surface area (Å²) in [5.74, 6) is 1.06. The van der Waals surface area contributed by atoms with Crippen molar-refractivity contribution in [2.75, 3.05) is 7.11 Å². The molecule has 100 valence electrons. The van der Waals surface area contributed by atoms with Crippen LogP contribution in [0.15, 0.2) is 12.3 Å². The number of hydrogen-bond acceptors (Lipinski definition) is 4. The molecule has 0 unspecified atom stereocenters. The number of ether oxygens (including phenoxy) is 1. The molecule has 1 heterocycles. The Kier molecular flexibility index (Phi) is 4.00. The Morgan fingerprint density at radius 1 is 1.42 bits per heavy atom. The molecule has 0 aliphatic heterocycles. The predicted octanol–water partition coefficient (Wildman–Crippen LogP) is 2.25. The van der Waals surface area contributed by atoms with Crippen molar-refractivity contribution >= 4 is 5.84 Å². The van der Waals surface area contributed by atoms with E-state index in [1.165, 1.54) is 24.2 Å². The quantitative estimate of drug-likeness (QED) is 0.629. The number of rotatable bonds is 2. The molecule has 0 atom stereocenters. The van der Waals surface area contributed by atoms with Gasteiger partial charge >= 0.3 is 0 Å². The molecule has 0 aromatic carbocycles. The molecule has 5 heteroatoms. The van der Waals surface area contributed by atoms with Gasteiger partial charge in [-0.1, -0.05) is 19.3 Å². The Balaban J connectivity index is 2.36. The van der Waals surface area contributed by atoms with Gasteiger partial charge in [-0.2, -0.15) is 5.26 Å². The second-order valence-corrected chi connectivity index (χ2v) is 4.84. The highest BCUT2D eigenvalue weighted by atomic mass is 16.5. The van der Waals surface area contributed by atoms with Crippen LogP contribution in [0.1, 0.15) is 37.7 Å². The second-order valence-electron chi connectivity index (χ2n) is 4.84. The summed E-state index contributed by atoms with van der Waals surface area (Å²) in [5.41, 5.74) is 0.494. The first-order valence-electron chi connectivity index (χ1n) is 6.51. The van der Waals surface area contributed by atoms with E-state index in [-0.39, 0.29) is 11.4 Å². The fourth-order valence-electron chi connectivity index (χ4n) is 2.56. The first-order chi connectivity index (χ1) is 9.17. The molecule has 1 aromatic heterocycles. The molecule has 0 radical (unpaired) electrons. The number of aromatic nitrogens is 1. The summed E-state index contributed by atoms with van der Waals surface area (Å²) in [6.07, 6.45) is 7.13. The molecule has 0 saturated heterocycles. The molecule has 1 aliphatic carbocycles. The molecule has 1 aliphatic rings. The van der Waals surface area contributed by atoms with Gasteiger partial charge in [0.1, 0.15) is 17.4 Å². The number of pyridine rings is 1. The summed E-state index contributed by atoms with van der Waals surface area (Å²) < 4.78 is 6.67. The SMILES string of the molecule is COc1cn(C(=N)C2CCCCC2)c(=N)cc1C#N. The summed E-state index contributed by atoms with van der Waals surface area (Å²) in [6.45, 7) is 0. The van der Waals surface area contributed by atoms with Crippen molar-refractivity contribution in [3.63, 3.8) is 0 Å². The summed E-state index contributed by atoms with van der Waals surface area (Å²) in [6, 6.07) is 3.46. The minimum Gasteiger partial charge on any atom is -0.494 e. The van der Waals surface area contributed by atoms with Crippen molar-refractivity contribution in [1.29, 1.82) is 16.1 Å². The lowest BCUT2D eigenvalue weighted by Crippen LogP contribution is -2.32. The van der Waals surface area contributed by atoms with Crippen LogP contribution < -0.4 is 10.2 Å². The Bertz CT molecular complexity index is 576. The molecule has 0 amide bonds. The van der Waals surface area contributed by atoms with Crippen molar-refractivity contribution in [1.82, 2.24) is 4.57 Å². The van der Waals surface area contributed by atoms with Crippen molar-refractivity contribution in [2.24, 2.45) is 5.92 Å². The van der Waals surface area contributed by atoms with E-state index in [0.717, 1.165) is 25.7 Å². The number of hydrogen-bond donors (Lipinski definition) is 2. The lowest BCUT2D eigenvalue weighted by Gasteiger charge is -2.24. The fourth-order valence-corrected chi connectivity index (χ4v) is 2.56. The van der Waals surface area contributed by atoms with Gasteiger partial charge in [0.2, 0.25) is 0 Å². The van der Waals surface area contributed by atoms with Gasteiger partial charge in [-0.25, -0.2) is 0 Å². The molecule has 19 heavy (non-hydrogen) atoms. The maximum Gasteiger partial charge on any atom is 0.153 e. The molecule has 0 bridgehead atoms. The van der Waals surface area contributed by atoms with Crippen LogP contribution in [-0.4, -0.2) is 17.5 Å². The van der Waals surface area contributed by atoms with E-state index in [4.69, 9.17) is 20.8 Å².